The molecule has 0 spiro atoms. The van der Waals surface area contributed by atoms with Gasteiger partial charge in [0.1, 0.15) is 5.60 Å². The summed E-state index contributed by atoms with van der Waals surface area (Å²) in [5.74, 6) is 0.181. The monoisotopic (exact) mass is 278 g/mol. The zero-order valence-electron chi connectivity index (χ0n) is 13.3. The van der Waals surface area contributed by atoms with Crippen molar-refractivity contribution >= 4 is 0 Å². The normalized spacial score (nSPS) is 18.9. The zero-order valence-corrected chi connectivity index (χ0v) is 13.3. The average molecular weight is 278 g/mol. The van der Waals surface area contributed by atoms with Gasteiger partial charge in [0, 0.05) is 0 Å². The maximum Gasteiger partial charge on any atom is 0.165 e. The van der Waals surface area contributed by atoms with Gasteiger partial charge >= 0.3 is 0 Å². The van der Waals surface area contributed by atoms with Crippen LogP contribution in [0.4, 0.5) is 4.39 Å². The van der Waals surface area contributed by atoms with Crippen molar-refractivity contribution in [1.29, 1.82) is 0 Å². The third-order valence-electron chi connectivity index (χ3n) is 4.86. The minimum atomic E-state index is -0.226. The number of benzene rings is 1. The van der Waals surface area contributed by atoms with Crippen LogP contribution in [-0.4, -0.2) is 5.60 Å². The van der Waals surface area contributed by atoms with Gasteiger partial charge in [-0.05, 0) is 62.1 Å². The fourth-order valence-electron chi connectivity index (χ4n) is 2.88. The Labute approximate surface area is 122 Å². The Morgan fingerprint density at radius 1 is 1.20 bits per heavy atom. The molecule has 0 N–H and O–H groups in total. The summed E-state index contributed by atoms with van der Waals surface area (Å²) in [6, 6.07) is 5.46. The third kappa shape index (κ3) is 3.34. The fourth-order valence-corrected chi connectivity index (χ4v) is 2.88. The first kappa shape index (κ1) is 15.3. The summed E-state index contributed by atoms with van der Waals surface area (Å²) in [5, 5.41) is 0. The average Bonchev–Trinajstić information content (AvgIpc) is 2.41. The molecule has 1 aliphatic rings. The van der Waals surface area contributed by atoms with Gasteiger partial charge in [0.05, 0.1) is 0 Å². The van der Waals surface area contributed by atoms with E-state index in [1.165, 1.54) is 19.3 Å². The van der Waals surface area contributed by atoms with Gasteiger partial charge in [0.15, 0.2) is 11.6 Å². The quantitative estimate of drug-likeness (QED) is 0.695. The van der Waals surface area contributed by atoms with Crippen LogP contribution in [-0.2, 0) is 5.41 Å². The molecule has 0 saturated heterocycles. The van der Waals surface area contributed by atoms with E-state index in [4.69, 9.17) is 4.74 Å². The summed E-state index contributed by atoms with van der Waals surface area (Å²) in [7, 11) is 0. The van der Waals surface area contributed by atoms with Gasteiger partial charge in [0.2, 0.25) is 0 Å². The molecule has 0 aromatic heterocycles. The van der Waals surface area contributed by atoms with Gasteiger partial charge in [-0.15, -0.1) is 0 Å². The van der Waals surface area contributed by atoms with Crippen molar-refractivity contribution in [3.05, 3.63) is 29.6 Å². The van der Waals surface area contributed by atoms with Crippen LogP contribution < -0.4 is 4.74 Å². The standard InChI is InChI=1S/C18H27FO/c1-5-17(2,3)14-9-10-16(15(19)13-14)20-18(4)11-7-6-8-12-18/h9-10,13H,5-8,11-12H2,1-4H3. The van der Waals surface area contributed by atoms with Crippen LogP contribution >= 0.6 is 0 Å². The number of hydrogen-bond acceptors (Lipinski definition) is 1. The van der Waals surface area contributed by atoms with Crippen LogP contribution in [0, 0.1) is 5.82 Å². The largest absolute Gasteiger partial charge is 0.485 e. The first-order valence-corrected chi connectivity index (χ1v) is 7.85. The Bertz CT molecular complexity index is 458. The molecule has 0 heterocycles. The van der Waals surface area contributed by atoms with Crippen LogP contribution in [0.2, 0.25) is 0 Å². The molecule has 0 atom stereocenters. The van der Waals surface area contributed by atoms with Crippen LogP contribution in [0.25, 0.3) is 0 Å². The van der Waals surface area contributed by atoms with Gasteiger partial charge in [-0.25, -0.2) is 4.39 Å². The molecule has 1 aromatic carbocycles. The van der Waals surface area contributed by atoms with Crippen molar-refractivity contribution in [1.82, 2.24) is 0 Å². The highest BCUT2D eigenvalue weighted by atomic mass is 19.1. The maximum atomic E-state index is 14.3. The van der Waals surface area contributed by atoms with Crippen LogP contribution in [0.3, 0.4) is 0 Å². The van der Waals surface area contributed by atoms with Gasteiger partial charge < -0.3 is 4.74 Å². The molecule has 1 fully saturated rings. The Hall–Kier alpha value is -1.05. The third-order valence-corrected chi connectivity index (χ3v) is 4.86. The number of ether oxygens (including phenoxy) is 1. The van der Waals surface area contributed by atoms with E-state index < -0.39 is 0 Å². The molecule has 112 valence electrons. The van der Waals surface area contributed by atoms with Gasteiger partial charge in [-0.1, -0.05) is 33.3 Å². The second kappa shape index (κ2) is 5.75. The molecular formula is C18H27FO. The summed E-state index contributed by atoms with van der Waals surface area (Å²) in [6.07, 6.45) is 6.66. The second-order valence-corrected chi connectivity index (χ2v) is 7.00. The molecular weight excluding hydrogens is 251 g/mol. The minimum Gasteiger partial charge on any atom is -0.485 e. The molecule has 0 bridgehead atoms. The van der Waals surface area contributed by atoms with E-state index in [9.17, 15) is 4.39 Å². The summed E-state index contributed by atoms with van der Waals surface area (Å²) >= 11 is 0. The van der Waals surface area contributed by atoms with Crippen LogP contribution in [0.15, 0.2) is 18.2 Å². The zero-order chi connectivity index (χ0) is 14.8. The van der Waals surface area contributed by atoms with Crippen molar-refractivity contribution in [2.45, 2.75) is 77.2 Å². The predicted molar refractivity (Wildman–Crippen MR) is 81.8 cm³/mol. The molecule has 0 aliphatic heterocycles. The summed E-state index contributed by atoms with van der Waals surface area (Å²) in [6.45, 7) is 8.52. The van der Waals surface area contributed by atoms with Crippen molar-refractivity contribution in [3.8, 4) is 5.75 Å². The number of hydrogen-bond donors (Lipinski definition) is 0. The van der Waals surface area contributed by atoms with E-state index in [0.717, 1.165) is 24.8 Å². The second-order valence-electron chi connectivity index (χ2n) is 7.00. The molecule has 20 heavy (non-hydrogen) atoms. The lowest BCUT2D eigenvalue weighted by Crippen LogP contribution is -2.34. The van der Waals surface area contributed by atoms with Gasteiger partial charge in [-0.3, -0.25) is 0 Å². The Morgan fingerprint density at radius 2 is 1.85 bits per heavy atom. The van der Waals surface area contributed by atoms with E-state index in [1.54, 1.807) is 6.07 Å². The van der Waals surface area contributed by atoms with E-state index in [-0.39, 0.29) is 16.8 Å². The lowest BCUT2D eigenvalue weighted by atomic mass is 9.82. The lowest BCUT2D eigenvalue weighted by molar-refractivity contribution is 0.0447. The Balaban J connectivity index is 2.18. The number of rotatable bonds is 4. The molecule has 1 saturated carbocycles. The highest BCUT2D eigenvalue weighted by Crippen LogP contribution is 2.35. The highest BCUT2D eigenvalue weighted by Gasteiger charge is 2.30. The summed E-state index contributed by atoms with van der Waals surface area (Å²) in [4.78, 5) is 0. The highest BCUT2D eigenvalue weighted by molar-refractivity contribution is 5.33. The lowest BCUT2D eigenvalue weighted by Gasteiger charge is -2.34. The van der Waals surface area contributed by atoms with E-state index in [2.05, 4.69) is 27.7 Å². The fraction of sp³-hybridized carbons (Fsp3) is 0.667. The van der Waals surface area contributed by atoms with Gasteiger partial charge in [-0.2, -0.15) is 0 Å². The maximum absolute atomic E-state index is 14.3. The predicted octanol–water partition coefficient (Wildman–Crippen LogP) is 5.61. The Kier molecular flexibility index (Phi) is 4.41. The van der Waals surface area contributed by atoms with Crippen LogP contribution in [0.5, 0.6) is 5.75 Å². The van der Waals surface area contributed by atoms with Gasteiger partial charge in [0.25, 0.3) is 0 Å². The molecule has 2 rings (SSSR count). The van der Waals surface area contributed by atoms with Crippen LogP contribution in [0.1, 0.15) is 71.8 Å². The smallest absolute Gasteiger partial charge is 0.165 e. The molecule has 1 nitrogen and oxygen atoms in total. The topological polar surface area (TPSA) is 9.23 Å². The Morgan fingerprint density at radius 3 is 2.40 bits per heavy atom. The number of halogens is 1. The van der Waals surface area contributed by atoms with E-state index in [1.807, 2.05) is 12.1 Å². The molecule has 2 heteroatoms. The molecule has 0 amide bonds. The molecule has 0 unspecified atom stereocenters. The minimum absolute atomic E-state index is 0.00805. The van der Waals surface area contributed by atoms with Crippen molar-refractivity contribution < 1.29 is 9.13 Å². The molecule has 0 radical (unpaired) electrons. The first-order chi connectivity index (χ1) is 9.36. The first-order valence-electron chi connectivity index (χ1n) is 7.85. The molecule has 1 aliphatic carbocycles. The summed E-state index contributed by atoms with van der Waals surface area (Å²) < 4.78 is 20.3. The van der Waals surface area contributed by atoms with Crippen molar-refractivity contribution in [2.24, 2.45) is 0 Å². The SMILES string of the molecule is CCC(C)(C)c1ccc(OC2(C)CCCCC2)c(F)c1. The van der Waals surface area contributed by atoms with E-state index >= 15 is 0 Å². The van der Waals surface area contributed by atoms with Crippen molar-refractivity contribution in [2.75, 3.05) is 0 Å². The summed E-state index contributed by atoms with van der Waals surface area (Å²) in [5.41, 5.74) is 0.855. The molecule has 1 aromatic rings. The van der Waals surface area contributed by atoms with E-state index in [0.29, 0.717) is 5.75 Å². The van der Waals surface area contributed by atoms with Crippen molar-refractivity contribution in [3.63, 3.8) is 0 Å².